The summed E-state index contributed by atoms with van der Waals surface area (Å²) >= 11 is 0. The van der Waals surface area contributed by atoms with E-state index < -0.39 is 5.54 Å². The number of aromatic nitrogens is 2. The van der Waals surface area contributed by atoms with Gasteiger partial charge in [-0.2, -0.15) is 5.10 Å². The van der Waals surface area contributed by atoms with E-state index in [1.165, 1.54) is 0 Å². The summed E-state index contributed by atoms with van der Waals surface area (Å²) in [5, 5.41) is 13.2. The average Bonchev–Trinajstić information content (AvgIpc) is 2.30. The predicted molar refractivity (Wildman–Crippen MR) is 51.3 cm³/mol. The Morgan fingerprint density at radius 2 is 2.31 bits per heavy atom. The maximum atomic E-state index is 8.97. The van der Waals surface area contributed by atoms with Gasteiger partial charge in [0.05, 0.1) is 12.3 Å². The van der Waals surface area contributed by atoms with E-state index in [1.807, 2.05) is 31.6 Å². The Balaban J connectivity index is 2.75. The predicted octanol–water partition coefficient (Wildman–Crippen LogP) is -0.0193. The van der Waals surface area contributed by atoms with Crippen molar-refractivity contribution in [3.63, 3.8) is 0 Å². The number of aliphatic hydroxyl groups is 1. The first-order valence-electron chi connectivity index (χ1n) is 4.34. The van der Waals surface area contributed by atoms with Crippen LogP contribution in [-0.4, -0.2) is 27.0 Å². The number of hydrogen-bond acceptors (Lipinski definition) is 3. The minimum Gasteiger partial charge on any atom is -0.394 e. The summed E-state index contributed by atoms with van der Waals surface area (Å²) in [6, 6.07) is 1.99. The number of aryl methyl sites for hydroxylation is 2. The number of nitrogens with zero attached hydrogens (tertiary/aromatic N) is 2. The molecule has 0 aliphatic rings. The summed E-state index contributed by atoms with van der Waals surface area (Å²) in [5.41, 5.74) is 7.27. The highest BCUT2D eigenvalue weighted by Gasteiger charge is 2.19. The first-order valence-corrected chi connectivity index (χ1v) is 4.34. The van der Waals surface area contributed by atoms with Gasteiger partial charge in [0.15, 0.2) is 0 Å². The lowest BCUT2D eigenvalue weighted by atomic mass is 9.98. The summed E-state index contributed by atoms with van der Waals surface area (Å²) in [5.74, 6) is 0. The number of rotatable bonds is 3. The molecule has 1 heterocycles. The molecule has 0 amide bonds. The van der Waals surface area contributed by atoms with Crippen molar-refractivity contribution >= 4 is 0 Å². The fourth-order valence-electron chi connectivity index (χ4n) is 1.19. The normalized spacial score (nSPS) is 15.8. The van der Waals surface area contributed by atoms with Crippen LogP contribution in [0.4, 0.5) is 0 Å². The third-order valence-electron chi connectivity index (χ3n) is 2.11. The fraction of sp³-hybridized carbons (Fsp3) is 0.667. The molecule has 0 fully saturated rings. The summed E-state index contributed by atoms with van der Waals surface area (Å²) in [4.78, 5) is 0. The van der Waals surface area contributed by atoms with Crippen LogP contribution < -0.4 is 5.73 Å². The Morgan fingerprint density at radius 3 is 2.69 bits per heavy atom. The molecule has 3 N–H and O–H groups in total. The van der Waals surface area contributed by atoms with E-state index in [1.54, 1.807) is 0 Å². The quantitative estimate of drug-likeness (QED) is 0.692. The van der Waals surface area contributed by atoms with E-state index in [2.05, 4.69) is 5.10 Å². The van der Waals surface area contributed by atoms with Crippen LogP contribution in [0.5, 0.6) is 0 Å². The molecule has 0 aliphatic heterocycles. The van der Waals surface area contributed by atoms with Crippen molar-refractivity contribution in [2.45, 2.75) is 25.8 Å². The summed E-state index contributed by atoms with van der Waals surface area (Å²) in [6.45, 7) is 3.78. The molecule has 0 saturated carbocycles. The van der Waals surface area contributed by atoms with Gasteiger partial charge >= 0.3 is 0 Å². The zero-order valence-corrected chi connectivity index (χ0v) is 8.41. The molecular weight excluding hydrogens is 166 g/mol. The van der Waals surface area contributed by atoms with Crippen molar-refractivity contribution in [2.75, 3.05) is 6.61 Å². The molecule has 13 heavy (non-hydrogen) atoms. The van der Waals surface area contributed by atoms with E-state index >= 15 is 0 Å². The topological polar surface area (TPSA) is 64.1 Å². The zero-order chi connectivity index (χ0) is 10.1. The molecule has 74 valence electrons. The van der Waals surface area contributed by atoms with Crippen molar-refractivity contribution in [3.05, 3.63) is 17.5 Å². The van der Waals surface area contributed by atoms with Gasteiger partial charge in [0.1, 0.15) is 0 Å². The summed E-state index contributed by atoms with van der Waals surface area (Å²) in [7, 11) is 1.89. The van der Waals surface area contributed by atoms with Gasteiger partial charge in [-0.25, -0.2) is 0 Å². The minimum atomic E-state index is -0.569. The molecule has 0 bridgehead atoms. The Bertz CT molecular complexity index is 272. The van der Waals surface area contributed by atoms with Gasteiger partial charge in [-0.05, 0) is 19.9 Å². The second-order valence-electron chi connectivity index (χ2n) is 3.89. The van der Waals surface area contributed by atoms with Gasteiger partial charge in [-0.15, -0.1) is 0 Å². The molecule has 0 aliphatic carbocycles. The number of hydrogen-bond donors (Lipinski definition) is 2. The third-order valence-corrected chi connectivity index (χ3v) is 2.11. The second kappa shape index (κ2) is 3.47. The van der Waals surface area contributed by atoms with E-state index in [0.29, 0.717) is 6.42 Å². The third kappa shape index (κ3) is 2.54. The van der Waals surface area contributed by atoms with Crippen LogP contribution in [0.1, 0.15) is 18.3 Å². The lowest BCUT2D eigenvalue weighted by molar-refractivity contribution is 0.207. The maximum absolute atomic E-state index is 8.97. The van der Waals surface area contributed by atoms with Crippen LogP contribution in [0.2, 0.25) is 0 Å². The zero-order valence-electron chi connectivity index (χ0n) is 8.41. The molecule has 0 aromatic carbocycles. The molecule has 4 heteroatoms. The molecular formula is C9H17N3O. The summed E-state index contributed by atoms with van der Waals surface area (Å²) in [6.07, 6.45) is 0.602. The van der Waals surface area contributed by atoms with Crippen molar-refractivity contribution in [2.24, 2.45) is 12.8 Å². The highest BCUT2D eigenvalue weighted by molar-refractivity contribution is 5.11. The van der Waals surface area contributed by atoms with Crippen LogP contribution in [0.3, 0.4) is 0 Å². The minimum absolute atomic E-state index is 0.0252. The van der Waals surface area contributed by atoms with Crippen LogP contribution in [-0.2, 0) is 13.5 Å². The van der Waals surface area contributed by atoms with Crippen molar-refractivity contribution in [3.8, 4) is 0 Å². The van der Waals surface area contributed by atoms with E-state index in [-0.39, 0.29) is 6.61 Å². The van der Waals surface area contributed by atoms with Gasteiger partial charge in [0, 0.05) is 24.7 Å². The van der Waals surface area contributed by atoms with Crippen LogP contribution >= 0.6 is 0 Å². The molecule has 0 radical (unpaired) electrons. The molecule has 0 saturated heterocycles. The molecule has 4 nitrogen and oxygen atoms in total. The van der Waals surface area contributed by atoms with Crippen LogP contribution in [0.15, 0.2) is 6.07 Å². The Labute approximate surface area is 78.4 Å². The van der Waals surface area contributed by atoms with Gasteiger partial charge in [0.25, 0.3) is 0 Å². The number of aliphatic hydroxyl groups excluding tert-OH is 1. The van der Waals surface area contributed by atoms with Gasteiger partial charge in [0.2, 0.25) is 0 Å². The van der Waals surface area contributed by atoms with Crippen molar-refractivity contribution in [1.82, 2.24) is 9.78 Å². The largest absolute Gasteiger partial charge is 0.394 e. The van der Waals surface area contributed by atoms with Crippen LogP contribution in [0, 0.1) is 6.92 Å². The van der Waals surface area contributed by atoms with E-state index in [9.17, 15) is 0 Å². The van der Waals surface area contributed by atoms with Crippen LogP contribution in [0.25, 0.3) is 0 Å². The molecule has 1 unspecified atom stereocenters. The fourth-order valence-corrected chi connectivity index (χ4v) is 1.19. The monoisotopic (exact) mass is 183 g/mol. The molecule has 1 atom stereocenters. The Hall–Kier alpha value is -0.870. The standard InChI is InChI=1S/C9H17N3O/c1-7-4-8(11-12(7)3)5-9(2,10)6-13/h4,13H,5-6,10H2,1-3H3. The SMILES string of the molecule is Cc1cc(CC(C)(N)CO)nn1C. The van der Waals surface area contributed by atoms with E-state index in [0.717, 1.165) is 11.4 Å². The lowest BCUT2D eigenvalue weighted by Crippen LogP contribution is -2.42. The van der Waals surface area contributed by atoms with E-state index in [4.69, 9.17) is 10.8 Å². The molecule has 1 aromatic heterocycles. The maximum Gasteiger partial charge on any atom is 0.0646 e. The van der Waals surface area contributed by atoms with Crippen molar-refractivity contribution in [1.29, 1.82) is 0 Å². The molecule has 1 aromatic rings. The summed E-state index contributed by atoms with van der Waals surface area (Å²) < 4.78 is 1.81. The highest BCUT2D eigenvalue weighted by atomic mass is 16.3. The Kier molecular flexibility index (Phi) is 2.73. The van der Waals surface area contributed by atoms with Gasteiger partial charge in [-0.1, -0.05) is 0 Å². The van der Waals surface area contributed by atoms with Crippen molar-refractivity contribution < 1.29 is 5.11 Å². The molecule has 1 rings (SSSR count). The lowest BCUT2D eigenvalue weighted by Gasteiger charge is -2.19. The van der Waals surface area contributed by atoms with Gasteiger partial charge < -0.3 is 10.8 Å². The average molecular weight is 183 g/mol. The second-order valence-corrected chi connectivity index (χ2v) is 3.89. The highest BCUT2D eigenvalue weighted by Crippen LogP contribution is 2.09. The first-order chi connectivity index (χ1) is 5.94. The molecule has 0 spiro atoms. The number of nitrogens with two attached hydrogens (primary N) is 1. The first kappa shape index (κ1) is 10.2. The Morgan fingerprint density at radius 1 is 1.69 bits per heavy atom. The smallest absolute Gasteiger partial charge is 0.0646 e. The van der Waals surface area contributed by atoms with Gasteiger partial charge in [-0.3, -0.25) is 4.68 Å².